The normalized spacial score (nSPS) is 15.8. The molecule has 0 spiro atoms. The molecule has 0 rings (SSSR count). The average molecular weight is 246 g/mol. The zero-order valence-corrected chi connectivity index (χ0v) is 11.3. The molecule has 0 heterocycles. The predicted molar refractivity (Wildman–Crippen MR) is 65.3 cm³/mol. The van der Waals surface area contributed by atoms with Crippen LogP contribution in [0.25, 0.3) is 0 Å². The topological polar surface area (TPSA) is 61.4 Å². The van der Waals surface area contributed by atoms with Crippen LogP contribution in [0.4, 0.5) is 0 Å². The van der Waals surface area contributed by atoms with E-state index in [1.54, 1.807) is 19.9 Å². The molecule has 0 amide bonds. The van der Waals surface area contributed by atoms with Gasteiger partial charge >= 0.3 is 0 Å². The summed E-state index contributed by atoms with van der Waals surface area (Å²) < 4.78 is 29.4. The summed E-state index contributed by atoms with van der Waals surface area (Å²) >= 11 is -2.37. The fraction of sp³-hybridized carbons (Fsp3) is 0.636. The third kappa shape index (κ3) is 6.05. The van der Waals surface area contributed by atoms with Crippen molar-refractivity contribution in [2.75, 3.05) is 0 Å². The van der Waals surface area contributed by atoms with Gasteiger partial charge in [0.25, 0.3) is 0 Å². The SMILES string of the molecule is C=C/C=C(/NS(=O)[O-])C(C)(C)OC(C)(C)C. The molecule has 5 heteroatoms. The molecule has 0 radical (unpaired) electrons. The smallest absolute Gasteiger partial charge is 0.103 e. The van der Waals surface area contributed by atoms with Crippen LogP contribution in [0.15, 0.2) is 24.4 Å². The summed E-state index contributed by atoms with van der Waals surface area (Å²) in [6.07, 6.45) is 3.10. The minimum Gasteiger partial charge on any atom is -0.755 e. The number of nitrogens with one attached hydrogen (secondary N) is 1. The van der Waals surface area contributed by atoms with Crippen LogP contribution in [-0.4, -0.2) is 20.0 Å². The number of hydrogen-bond acceptors (Lipinski definition) is 3. The van der Waals surface area contributed by atoms with Crippen LogP contribution in [-0.2, 0) is 16.0 Å². The van der Waals surface area contributed by atoms with E-state index in [1.165, 1.54) is 6.08 Å². The molecular weight excluding hydrogens is 226 g/mol. The maximum absolute atomic E-state index is 10.7. The van der Waals surface area contributed by atoms with Gasteiger partial charge in [0, 0.05) is 11.3 Å². The summed E-state index contributed by atoms with van der Waals surface area (Å²) in [5.41, 5.74) is -0.645. The van der Waals surface area contributed by atoms with Crippen LogP contribution in [0, 0.1) is 0 Å². The fourth-order valence-corrected chi connectivity index (χ4v) is 1.88. The van der Waals surface area contributed by atoms with Gasteiger partial charge in [0.2, 0.25) is 0 Å². The Morgan fingerprint density at radius 3 is 2.19 bits per heavy atom. The highest BCUT2D eigenvalue weighted by molar-refractivity contribution is 7.77. The molecule has 16 heavy (non-hydrogen) atoms. The van der Waals surface area contributed by atoms with Crippen LogP contribution in [0.5, 0.6) is 0 Å². The van der Waals surface area contributed by atoms with Gasteiger partial charge in [-0.1, -0.05) is 12.7 Å². The molecule has 0 aromatic rings. The van der Waals surface area contributed by atoms with Gasteiger partial charge in [0.15, 0.2) is 0 Å². The third-order valence-corrected chi connectivity index (χ3v) is 2.07. The van der Waals surface area contributed by atoms with Gasteiger partial charge in [-0.25, -0.2) is 0 Å². The standard InChI is InChI=1S/C11H21NO3S/c1-7-8-9(12-16(13)14)11(5,6)15-10(2,3)4/h7-8,12H,1H2,2-6H3,(H,13,14)/p-1/b9-8+. The van der Waals surface area contributed by atoms with Crippen molar-refractivity contribution in [1.29, 1.82) is 0 Å². The molecule has 0 aliphatic rings. The summed E-state index contributed by atoms with van der Waals surface area (Å²) in [5, 5.41) is 0. The summed E-state index contributed by atoms with van der Waals surface area (Å²) in [5.74, 6) is 0. The Balaban J connectivity index is 4.97. The van der Waals surface area contributed by atoms with Crippen LogP contribution in [0.3, 0.4) is 0 Å². The summed E-state index contributed by atoms with van der Waals surface area (Å²) in [6, 6.07) is 0. The molecule has 0 aromatic carbocycles. The zero-order valence-electron chi connectivity index (χ0n) is 10.5. The first-order chi connectivity index (χ1) is 7.08. The van der Waals surface area contributed by atoms with Gasteiger partial charge in [0.05, 0.1) is 11.3 Å². The molecule has 0 saturated heterocycles. The monoisotopic (exact) mass is 246 g/mol. The third-order valence-electron chi connectivity index (χ3n) is 1.69. The highest BCUT2D eigenvalue weighted by atomic mass is 32.2. The number of allylic oxidation sites excluding steroid dienone is 2. The fourth-order valence-electron chi connectivity index (χ4n) is 1.39. The van der Waals surface area contributed by atoms with Crippen molar-refractivity contribution in [3.8, 4) is 0 Å². The Hall–Kier alpha value is -0.650. The minimum absolute atomic E-state index is 0.365. The van der Waals surface area contributed by atoms with Gasteiger partial charge in [-0.3, -0.25) is 4.21 Å². The second-order valence-electron chi connectivity index (χ2n) is 4.88. The minimum atomic E-state index is -2.37. The molecule has 0 aromatic heterocycles. The van der Waals surface area contributed by atoms with Gasteiger partial charge in [-0.2, -0.15) is 0 Å². The summed E-state index contributed by atoms with van der Waals surface area (Å²) in [6.45, 7) is 12.9. The lowest BCUT2D eigenvalue weighted by molar-refractivity contribution is -0.0933. The van der Waals surface area contributed by atoms with Crippen LogP contribution >= 0.6 is 0 Å². The molecule has 1 unspecified atom stereocenters. The first kappa shape index (κ1) is 15.3. The Morgan fingerprint density at radius 2 is 1.88 bits per heavy atom. The van der Waals surface area contributed by atoms with Crippen molar-refractivity contribution in [3.63, 3.8) is 0 Å². The molecule has 94 valence electrons. The first-order valence-corrected chi connectivity index (χ1v) is 6.05. The van der Waals surface area contributed by atoms with Crippen molar-refractivity contribution >= 4 is 11.3 Å². The highest BCUT2D eigenvalue weighted by Gasteiger charge is 2.29. The molecule has 0 aliphatic heterocycles. The predicted octanol–water partition coefficient (Wildman–Crippen LogP) is 2.03. The van der Waals surface area contributed by atoms with Crippen molar-refractivity contribution < 1.29 is 13.5 Å². The van der Waals surface area contributed by atoms with E-state index in [4.69, 9.17) is 4.74 Å². The second kappa shape index (κ2) is 5.61. The highest BCUT2D eigenvalue weighted by Crippen LogP contribution is 2.25. The second-order valence-corrected chi connectivity index (χ2v) is 5.55. The Kier molecular flexibility index (Phi) is 5.38. The molecule has 0 bridgehead atoms. The zero-order chi connectivity index (χ0) is 13.0. The largest absolute Gasteiger partial charge is 0.755 e. The van der Waals surface area contributed by atoms with Gasteiger partial charge < -0.3 is 14.0 Å². The Bertz CT molecular complexity index is 303. The number of hydrogen-bond donors (Lipinski definition) is 1. The molecule has 0 saturated carbocycles. The molecular formula is C11H20NO3S-. The van der Waals surface area contributed by atoms with Crippen molar-refractivity contribution in [3.05, 3.63) is 24.4 Å². The van der Waals surface area contributed by atoms with Gasteiger partial charge in [-0.05, 0) is 40.7 Å². The maximum atomic E-state index is 10.7. The molecule has 0 fully saturated rings. The molecule has 1 N–H and O–H groups in total. The average Bonchev–Trinajstić information content (AvgIpc) is 1.97. The lowest BCUT2D eigenvalue weighted by Gasteiger charge is -2.36. The van der Waals surface area contributed by atoms with E-state index in [0.717, 1.165) is 0 Å². The van der Waals surface area contributed by atoms with Crippen molar-refractivity contribution in [2.24, 2.45) is 0 Å². The number of rotatable bonds is 5. The first-order valence-electron chi connectivity index (χ1n) is 4.98. The van der Waals surface area contributed by atoms with Gasteiger partial charge in [0.1, 0.15) is 5.60 Å². The quantitative estimate of drug-likeness (QED) is 0.596. The van der Waals surface area contributed by atoms with Gasteiger partial charge in [-0.15, -0.1) is 0 Å². The van der Waals surface area contributed by atoms with E-state index < -0.39 is 16.9 Å². The lowest BCUT2D eigenvalue weighted by atomic mass is 10.0. The summed E-state index contributed by atoms with van der Waals surface area (Å²) in [4.78, 5) is 0. The van der Waals surface area contributed by atoms with E-state index in [1.807, 2.05) is 20.8 Å². The van der Waals surface area contributed by atoms with E-state index in [9.17, 15) is 8.76 Å². The Labute approximate surface area is 100 Å². The summed E-state index contributed by atoms with van der Waals surface area (Å²) in [7, 11) is 0. The van der Waals surface area contributed by atoms with Crippen molar-refractivity contribution in [1.82, 2.24) is 4.72 Å². The molecule has 0 aliphatic carbocycles. The van der Waals surface area contributed by atoms with Crippen LogP contribution < -0.4 is 4.72 Å². The maximum Gasteiger partial charge on any atom is 0.103 e. The molecule has 4 nitrogen and oxygen atoms in total. The van der Waals surface area contributed by atoms with E-state index in [2.05, 4.69) is 11.3 Å². The van der Waals surface area contributed by atoms with E-state index in [0.29, 0.717) is 5.70 Å². The van der Waals surface area contributed by atoms with E-state index in [-0.39, 0.29) is 5.60 Å². The lowest BCUT2D eigenvalue weighted by Crippen LogP contribution is -2.41. The number of ether oxygens (including phenoxy) is 1. The van der Waals surface area contributed by atoms with Crippen LogP contribution in [0.2, 0.25) is 0 Å². The molecule has 1 atom stereocenters. The Morgan fingerprint density at radius 1 is 1.38 bits per heavy atom. The van der Waals surface area contributed by atoms with Crippen LogP contribution in [0.1, 0.15) is 34.6 Å². The van der Waals surface area contributed by atoms with Crippen molar-refractivity contribution in [2.45, 2.75) is 45.8 Å². The van der Waals surface area contributed by atoms with E-state index >= 15 is 0 Å².